The summed E-state index contributed by atoms with van der Waals surface area (Å²) in [4.78, 5) is 4.16. The van der Waals surface area contributed by atoms with Gasteiger partial charge in [-0.15, -0.1) is 0 Å². The zero-order valence-corrected chi connectivity index (χ0v) is 14.5. The number of rotatable bonds is 6. The van der Waals surface area contributed by atoms with Crippen molar-refractivity contribution < 1.29 is 21.9 Å². The van der Waals surface area contributed by atoms with Gasteiger partial charge in [-0.3, -0.25) is 0 Å². The summed E-state index contributed by atoms with van der Waals surface area (Å²) in [6.07, 6.45) is 0. The van der Waals surface area contributed by atoms with Gasteiger partial charge >= 0.3 is 10.1 Å². The third-order valence-electron chi connectivity index (χ3n) is 3.27. The van der Waals surface area contributed by atoms with Crippen molar-refractivity contribution in [2.24, 2.45) is 0 Å². The van der Waals surface area contributed by atoms with Gasteiger partial charge in [-0.2, -0.15) is 13.4 Å². The molecule has 1 aromatic heterocycles. The third kappa shape index (κ3) is 3.97. The van der Waals surface area contributed by atoms with Crippen LogP contribution < -0.4 is 8.92 Å². The van der Waals surface area contributed by atoms with Gasteiger partial charge in [0.2, 0.25) is 11.7 Å². The standard InChI is InChI=1S/C17H16N2O5S/c1-3-22-14-8-10-16(11-9-14)25(20,21)24-15-6-4-13(5-7-15)17-18-12(2)23-19-17/h4-11H,3H2,1-2H3. The third-order valence-corrected chi connectivity index (χ3v) is 4.53. The highest BCUT2D eigenvalue weighted by molar-refractivity contribution is 7.87. The second kappa shape index (κ2) is 6.94. The number of aryl methyl sites for hydroxylation is 1. The molecule has 25 heavy (non-hydrogen) atoms. The number of benzene rings is 2. The van der Waals surface area contributed by atoms with E-state index >= 15 is 0 Å². The Balaban J connectivity index is 1.76. The molecule has 0 saturated heterocycles. The van der Waals surface area contributed by atoms with Crippen LogP contribution in [0.15, 0.2) is 57.9 Å². The zero-order valence-electron chi connectivity index (χ0n) is 13.7. The molecule has 0 N–H and O–H groups in total. The van der Waals surface area contributed by atoms with Gasteiger partial charge in [0, 0.05) is 12.5 Å². The van der Waals surface area contributed by atoms with E-state index in [4.69, 9.17) is 13.4 Å². The number of ether oxygens (including phenoxy) is 1. The number of hydrogen-bond acceptors (Lipinski definition) is 7. The Morgan fingerprint density at radius 2 is 1.64 bits per heavy atom. The van der Waals surface area contributed by atoms with E-state index in [-0.39, 0.29) is 10.6 Å². The van der Waals surface area contributed by atoms with E-state index in [1.807, 2.05) is 6.92 Å². The molecule has 2 aromatic carbocycles. The van der Waals surface area contributed by atoms with Crippen LogP contribution in [0.1, 0.15) is 12.8 Å². The first-order valence-electron chi connectivity index (χ1n) is 7.56. The second-order valence-corrected chi connectivity index (χ2v) is 6.65. The molecule has 0 bridgehead atoms. The van der Waals surface area contributed by atoms with Gasteiger partial charge < -0.3 is 13.4 Å². The smallest absolute Gasteiger partial charge is 0.339 e. The predicted octanol–water partition coefficient (Wildman–Crippen LogP) is 3.21. The molecule has 0 spiro atoms. The fraction of sp³-hybridized carbons (Fsp3) is 0.176. The first kappa shape index (κ1) is 17.0. The Hall–Kier alpha value is -2.87. The number of nitrogens with zero attached hydrogens (tertiary/aromatic N) is 2. The fourth-order valence-electron chi connectivity index (χ4n) is 2.12. The van der Waals surface area contributed by atoms with Crippen LogP contribution in [0.2, 0.25) is 0 Å². The van der Waals surface area contributed by atoms with Gasteiger partial charge in [0.25, 0.3) is 0 Å². The van der Waals surface area contributed by atoms with Gasteiger partial charge in [-0.05, 0) is 55.5 Å². The summed E-state index contributed by atoms with van der Waals surface area (Å²) >= 11 is 0. The Morgan fingerprint density at radius 3 is 2.20 bits per heavy atom. The Bertz CT molecular complexity index is 947. The molecule has 1 heterocycles. The normalized spacial score (nSPS) is 11.3. The van der Waals surface area contributed by atoms with Crippen LogP contribution in [0.25, 0.3) is 11.4 Å². The average Bonchev–Trinajstić information content (AvgIpc) is 3.02. The molecule has 0 aliphatic carbocycles. The summed E-state index contributed by atoms with van der Waals surface area (Å²) in [7, 11) is -3.92. The van der Waals surface area contributed by atoms with Crippen molar-refractivity contribution in [3.05, 3.63) is 54.4 Å². The molecule has 0 fully saturated rings. The van der Waals surface area contributed by atoms with Crippen LogP contribution in [0.5, 0.6) is 11.5 Å². The van der Waals surface area contributed by atoms with Crippen LogP contribution in [0.4, 0.5) is 0 Å². The van der Waals surface area contributed by atoms with Gasteiger partial charge in [0.15, 0.2) is 0 Å². The lowest BCUT2D eigenvalue weighted by atomic mass is 10.2. The topological polar surface area (TPSA) is 91.5 Å². The Labute approximate surface area is 145 Å². The van der Waals surface area contributed by atoms with Crippen molar-refractivity contribution in [2.45, 2.75) is 18.7 Å². The lowest BCUT2D eigenvalue weighted by Crippen LogP contribution is -2.09. The van der Waals surface area contributed by atoms with E-state index < -0.39 is 10.1 Å². The summed E-state index contributed by atoms with van der Waals surface area (Å²) in [6, 6.07) is 12.4. The maximum absolute atomic E-state index is 12.3. The first-order valence-corrected chi connectivity index (χ1v) is 8.97. The molecule has 0 aliphatic heterocycles. The van der Waals surface area contributed by atoms with Crippen molar-refractivity contribution in [1.82, 2.24) is 10.1 Å². The molecule has 0 amide bonds. The summed E-state index contributed by atoms with van der Waals surface area (Å²) < 4.78 is 40.0. The minimum absolute atomic E-state index is 0.0498. The van der Waals surface area contributed by atoms with Crippen molar-refractivity contribution in [3.63, 3.8) is 0 Å². The molecule has 0 aliphatic rings. The molecule has 3 aromatic rings. The molecule has 8 heteroatoms. The van der Waals surface area contributed by atoms with Gasteiger partial charge in [0.05, 0.1) is 6.61 Å². The molecule has 0 atom stereocenters. The molecule has 0 radical (unpaired) electrons. The van der Waals surface area contributed by atoms with Crippen LogP contribution in [0, 0.1) is 6.92 Å². The van der Waals surface area contributed by atoms with Crippen LogP contribution >= 0.6 is 0 Å². The minimum Gasteiger partial charge on any atom is -0.494 e. The monoisotopic (exact) mass is 360 g/mol. The largest absolute Gasteiger partial charge is 0.494 e. The molecule has 0 saturated carbocycles. The molecular weight excluding hydrogens is 344 g/mol. The zero-order chi connectivity index (χ0) is 17.9. The molecule has 130 valence electrons. The van der Waals surface area contributed by atoms with E-state index in [0.29, 0.717) is 29.6 Å². The van der Waals surface area contributed by atoms with Crippen LogP contribution in [-0.2, 0) is 10.1 Å². The van der Waals surface area contributed by atoms with Crippen molar-refractivity contribution >= 4 is 10.1 Å². The highest BCUT2D eigenvalue weighted by Gasteiger charge is 2.17. The number of aromatic nitrogens is 2. The summed E-state index contributed by atoms with van der Waals surface area (Å²) in [5.41, 5.74) is 0.697. The van der Waals surface area contributed by atoms with Crippen molar-refractivity contribution in [2.75, 3.05) is 6.61 Å². The van der Waals surface area contributed by atoms with E-state index in [1.165, 1.54) is 24.3 Å². The Kier molecular flexibility index (Phi) is 4.71. The summed E-state index contributed by atoms with van der Waals surface area (Å²) in [5, 5.41) is 3.80. The second-order valence-electron chi connectivity index (χ2n) is 5.10. The average molecular weight is 360 g/mol. The maximum atomic E-state index is 12.3. The van der Waals surface area contributed by atoms with E-state index in [1.54, 1.807) is 31.2 Å². The summed E-state index contributed by atoms with van der Waals surface area (Å²) in [5.74, 6) is 1.67. The van der Waals surface area contributed by atoms with Gasteiger partial charge in [-0.1, -0.05) is 5.16 Å². The van der Waals surface area contributed by atoms with Gasteiger partial charge in [-0.25, -0.2) is 0 Å². The molecule has 7 nitrogen and oxygen atoms in total. The maximum Gasteiger partial charge on any atom is 0.339 e. The lowest BCUT2D eigenvalue weighted by Gasteiger charge is -2.08. The fourth-order valence-corrected chi connectivity index (χ4v) is 3.05. The van der Waals surface area contributed by atoms with E-state index in [0.717, 1.165) is 0 Å². The molecular formula is C17H16N2O5S. The van der Waals surface area contributed by atoms with Crippen LogP contribution in [0.3, 0.4) is 0 Å². The highest BCUT2D eigenvalue weighted by atomic mass is 32.2. The first-order chi connectivity index (χ1) is 12.0. The predicted molar refractivity (Wildman–Crippen MR) is 89.9 cm³/mol. The highest BCUT2D eigenvalue weighted by Crippen LogP contribution is 2.24. The van der Waals surface area contributed by atoms with E-state index in [2.05, 4.69) is 10.1 Å². The Morgan fingerprint density at radius 1 is 1.00 bits per heavy atom. The van der Waals surface area contributed by atoms with Crippen molar-refractivity contribution in [3.8, 4) is 22.9 Å². The molecule has 0 unspecified atom stereocenters. The summed E-state index contributed by atoms with van der Waals surface area (Å²) in [6.45, 7) is 4.06. The molecule has 3 rings (SSSR count). The quantitative estimate of drug-likeness (QED) is 0.623. The SMILES string of the molecule is CCOc1ccc(S(=O)(=O)Oc2ccc(-c3noc(C)n3)cc2)cc1. The van der Waals surface area contributed by atoms with E-state index in [9.17, 15) is 8.42 Å². The number of hydrogen-bond donors (Lipinski definition) is 0. The lowest BCUT2D eigenvalue weighted by molar-refractivity contribution is 0.340. The van der Waals surface area contributed by atoms with Crippen molar-refractivity contribution in [1.29, 1.82) is 0 Å². The van der Waals surface area contributed by atoms with Gasteiger partial charge in [0.1, 0.15) is 16.4 Å². The minimum atomic E-state index is -3.92. The van der Waals surface area contributed by atoms with Crippen LogP contribution in [-0.4, -0.2) is 25.2 Å².